The Balaban J connectivity index is 1.90. The van der Waals surface area contributed by atoms with E-state index in [1.165, 1.54) is 11.8 Å². The summed E-state index contributed by atoms with van der Waals surface area (Å²) in [5, 5.41) is 11.3. The van der Waals surface area contributed by atoms with E-state index in [4.69, 9.17) is 0 Å². The molecule has 9 heteroatoms. The van der Waals surface area contributed by atoms with Crippen molar-refractivity contribution in [1.29, 1.82) is 0 Å². The fourth-order valence-corrected chi connectivity index (χ4v) is 5.34. The molecule has 3 rings (SSSR count). The average molecular weight is 438 g/mol. The van der Waals surface area contributed by atoms with Crippen molar-refractivity contribution in [1.82, 2.24) is 19.7 Å². The molecule has 0 bridgehead atoms. The Labute approximate surface area is 138 Å². The Hall–Kier alpha value is -0.220. The summed E-state index contributed by atoms with van der Waals surface area (Å²) in [5.74, 6) is 0.882. The van der Waals surface area contributed by atoms with Crippen LogP contribution in [0.3, 0.4) is 0 Å². The third-order valence-corrected chi connectivity index (χ3v) is 7.32. The van der Waals surface area contributed by atoms with Crippen molar-refractivity contribution in [2.75, 3.05) is 0 Å². The van der Waals surface area contributed by atoms with Gasteiger partial charge in [-0.05, 0) is 55.1 Å². The fourth-order valence-electron chi connectivity index (χ4n) is 1.41. The van der Waals surface area contributed by atoms with Crippen molar-refractivity contribution in [3.63, 3.8) is 0 Å². The third-order valence-electron chi connectivity index (χ3n) is 2.28. The van der Waals surface area contributed by atoms with E-state index in [1.54, 1.807) is 22.7 Å². The molecule has 0 atom stereocenters. The summed E-state index contributed by atoms with van der Waals surface area (Å²) >= 11 is 11.6. The lowest BCUT2D eigenvalue weighted by molar-refractivity contribution is 0.794. The standard InChI is InChI=1S/C10H6Br2N4S3/c1-16-8(5-3-2-4-17-5)14-15-9(16)19-10-13-6(11)7(12)18-10/h2-4H,1H3. The topological polar surface area (TPSA) is 43.6 Å². The second-order valence-electron chi connectivity index (χ2n) is 3.49. The SMILES string of the molecule is Cn1c(Sc2nc(Br)c(Br)s2)nnc1-c1cccs1. The van der Waals surface area contributed by atoms with Crippen LogP contribution in [0.5, 0.6) is 0 Å². The van der Waals surface area contributed by atoms with E-state index in [-0.39, 0.29) is 0 Å². The molecule has 0 aliphatic carbocycles. The predicted octanol–water partition coefficient (Wildman–Crippen LogP) is 4.68. The number of thiophene rings is 1. The lowest BCUT2D eigenvalue weighted by Crippen LogP contribution is -1.92. The molecule has 0 aliphatic rings. The first-order valence-corrected chi connectivity index (χ1v) is 9.18. The summed E-state index contributed by atoms with van der Waals surface area (Å²) < 4.78 is 4.71. The highest BCUT2D eigenvalue weighted by Gasteiger charge is 2.15. The fraction of sp³-hybridized carbons (Fsp3) is 0.100. The summed E-state index contributed by atoms with van der Waals surface area (Å²) in [5.41, 5.74) is 0. The smallest absolute Gasteiger partial charge is 0.198 e. The van der Waals surface area contributed by atoms with Gasteiger partial charge in [0.15, 0.2) is 15.3 Å². The van der Waals surface area contributed by atoms with Crippen LogP contribution in [-0.4, -0.2) is 19.7 Å². The van der Waals surface area contributed by atoms with Crippen LogP contribution in [0.4, 0.5) is 0 Å². The zero-order chi connectivity index (χ0) is 13.4. The van der Waals surface area contributed by atoms with Gasteiger partial charge in [-0.25, -0.2) is 4.98 Å². The molecular formula is C10H6Br2N4S3. The molecule has 3 aromatic heterocycles. The zero-order valence-electron chi connectivity index (χ0n) is 9.50. The Morgan fingerprint density at radius 2 is 2.16 bits per heavy atom. The molecular weight excluding hydrogens is 432 g/mol. The first kappa shape index (κ1) is 13.7. The lowest BCUT2D eigenvalue weighted by Gasteiger charge is -1.99. The van der Waals surface area contributed by atoms with Gasteiger partial charge in [0.05, 0.1) is 4.88 Å². The Morgan fingerprint density at radius 3 is 2.79 bits per heavy atom. The van der Waals surface area contributed by atoms with Gasteiger partial charge >= 0.3 is 0 Å². The maximum absolute atomic E-state index is 4.39. The number of hydrogen-bond acceptors (Lipinski definition) is 6. The number of rotatable bonds is 3. The summed E-state index contributed by atoms with van der Waals surface area (Å²) in [6, 6.07) is 4.05. The molecule has 0 amide bonds. The molecule has 3 aromatic rings. The molecule has 4 nitrogen and oxygen atoms in total. The van der Waals surface area contributed by atoms with E-state index in [0.717, 1.165) is 28.6 Å². The van der Waals surface area contributed by atoms with E-state index >= 15 is 0 Å². The monoisotopic (exact) mass is 436 g/mol. The average Bonchev–Trinajstić information content (AvgIpc) is 3.05. The van der Waals surface area contributed by atoms with Crippen LogP contribution in [0.15, 0.2) is 35.4 Å². The highest BCUT2D eigenvalue weighted by atomic mass is 79.9. The van der Waals surface area contributed by atoms with Gasteiger partial charge < -0.3 is 4.57 Å². The second kappa shape index (κ2) is 5.65. The van der Waals surface area contributed by atoms with Gasteiger partial charge in [0.2, 0.25) is 0 Å². The molecule has 0 fully saturated rings. The quantitative estimate of drug-likeness (QED) is 0.596. The molecule has 0 aliphatic heterocycles. The molecule has 19 heavy (non-hydrogen) atoms. The van der Waals surface area contributed by atoms with Crippen LogP contribution in [0.2, 0.25) is 0 Å². The molecule has 0 radical (unpaired) electrons. The lowest BCUT2D eigenvalue weighted by atomic mass is 10.4. The van der Waals surface area contributed by atoms with Crippen molar-refractivity contribution in [3.8, 4) is 10.7 Å². The minimum atomic E-state index is 0.820. The Bertz CT molecular complexity index is 685. The van der Waals surface area contributed by atoms with Crippen molar-refractivity contribution in [2.24, 2.45) is 7.05 Å². The number of nitrogens with zero attached hydrogens (tertiary/aromatic N) is 4. The summed E-state index contributed by atoms with van der Waals surface area (Å²) in [4.78, 5) is 5.51. The van der Waals surface area contributed by atoms with Crippen LogP contribution in [0.25, 0.3) is 10.7 Å². The Kier molecular flexibility index (Phi) is 4.08. The van der Waals surface area contributed by atoms with Crippen molar-refractivity contribution in [3.05, 3.63) is 25.9 Å². The van der Waals surface area contributed by atoms with E-state index in [9.17, 15) is 0 Å². The zero-order valence-corrected chi connectivity index (χ0v) is 15.1. The molecule has 0 saturated heterocycles. The molecule has 98 valence electrons. The van der Waals surface area contributed by atoms with Crippen molar-refractivity contribution in [2.45, 2.75) is 9.50 Å². The summed E-state index contributed by atoms with van der Waals surface area (Å²) in [6.45, 7) is 0. The minimum absolute atomic E-state index is 0.820. The summed E-state index contributed by atoms with van der Waals surface area (Å²) in [6.07, 6.45) is 0. The van der Waals surface area contributed by atoms with Gasteiger partial charge in [-0.1, -0.05) is 17.4 Å². The highest BCUT2D eigenvalue weighted by Crippen LogP contribution is 2.37. The summed E-state index contributed by atoms with van der Waals surface area (Å²) in [7, 11) is 1.97. The molecule has 0 spiro atoms. The number of hydrogen-bond donors (Lipinski definition) is 0. The van der Waals surface area contributed by atoms with Crippen molar-refractivity contribution >= 4 is 66.3 Å². The highest BCUT2D eigenvalue weighted by molar-refractivity contribution is 9.13. The molecule has 0 aromatic carbocycles. The van der Waals surface area contributed by atoms with Crippen LogP contribution in [-0.2, 0) is 7.05 Å². The van der Waals surface area contributed by atoms with Crippen molar-refractivity contribution < 1.29 is 0 Å². The first-order valence-electron chi connectivity index (χ1n) is 5.08. The van der Waals surface area contributed by atoms with Crippen LogP contribution in [0.1, 0.15) is 0 Å². The normalized spacial score (nSPS) is 11.1. The van der Waals surface area contributed by atoms with E-state index in [0.29, 0.717) is 0 Å². The van der Waals surface area contributed by atoms with Gasteiger partial charge in [-0.2, -0.15) is 0 Å². The van der Waals surface area contributed by atoms with Crippen LogP contribution < -0.4 is 0 Å². The molecule has 0 unspecified atom stereocenters. The Morgan fingerprint density at radius 1 is 1.32 bits per heavy atom. The van der Waals surface area contributed by atoms with Gasteiger partial charge in [0.1, 0.15) is 8.39 Å². The first-order chi connectivity index (χ1) is 9.15. The minimum Gasteiger partial charge on any atom is -0.304 e. The van der Waals surface area contributed by atoms with Gasteiger partial charge in [0.25, 0.3) is 0 Å². The molecule has 0 saturated carbocycles. The predicted molar refractivity (Wildman–Crippen MR) is 86.0 cm³/mol. The maximum atomic E-state index is 4.39. The number of halogens is 2. The number of aromatic nitrogens is 4. The number of thiazole rings is 1. The molecule has 3 heterocycles. The second-order valence-corrected chi connectivity index (χ2v) is 8.72. The van der Waals surface area contributed by atoms with Gasteiger partial charge in [-0.15, -0.1) is 21.5 Å². The maximum Gasteiger partial charge on any atom is 0.198 e. The molecule has 0 N–H and O–H groups in total. The van der Waals surface area contributed by atoms with Crippen LogP contribution >= 0.6 is 66.3 Å². The van der Waals surface area contributed by atoms with E-state index < -0.39 is 0 Å². The van der Waals surface area contributed by atoms with Gasteiger partial charge in [0, 0.05) is 7.05 Å². The largest absolute Gasteiger partial charge is 0.304 e. The van der Waals surface area contributed by atoms with Crippen LogP contribution in [0, 0.1) is 0 Å². The van der Waals surface area contributed by atoms with E-state index in [1.807, 2.05) is 29.1 Å². The van der Waals surface area contributed by atoms with Gasteiger partial charge in [-0.3, -0.25) is 0 Å². The van der Waals surface area contributed by atoms with E-state index in [2.05, 4.69) is 47.0 Å². The third kappa shape index (κ3) is 2.80.